The SMILES string of the molecule is CCCC1(C)C(C)CC2(c3ccccc3)CC1CC(C)(C=S)C2.CN1CCC(N)C(C)(C)C1. The highest BCUT2D eigenvalue weighted by atomic mass is 32.1. The van der Waals surface area contributed by atoms with Crippen molar-refractivity contribution in [3.05, 3.63) is 35.9 Å². The van der Waals surface area contributed by atoms with Gasteiger partial charge in [0.2, 0.25) is 0 Å². The second kappa shape index (κ2) is 10.1. The van der Waals surface area contributed by atoms with Gasteiger partial charge in [-0.25, -0.2) is 0 Å². The third kappa shape index (κ3) is 5.57. The molecular weight excluding hydrogens is 420 g/mol. The Hall–Kier alpha value is -0.770. The van der Waals surface area contributed by atoms with E-state index in [1.54, 1.807) is 5.56 Å². The first kappa shape index (κ1) is 26.8. The van der Waals surface area contributed by atoms with Gasteiger partial charge in [-0.2, -0.15) is 0 Å². The van der Waals surface area contributed by atoms with Gasteiger partial charge in [0.1, 0.15) is 0 Å². The highest BCUT2D eigenvalue weighted by Gasteiger charge is 2.56. The van der Waals surface area contributed by atoms with Crippen LogP contribution in [0.2, 0.25) is 0 Å². The van der Waals surface area contributed by atoms with Crippen molar-refractivity contribution < 1.29 is 0 Å². The molecule has 2 aliphatic carbocycles. The van der Waals surface area contributed by atoms with E-state index >= 15 is 0 Å². The molecular formula is C30H50N2S. The Morgan fingerprint density at radius 3 is 2.30 bits per heavy atom. The van der Waals surface area contributed by atoms with Crippen molar-refractivity contribution in [3.8, 4) is 0 Å². The van der Waals surface area contributed by atoms with Crippen molar-refractivity contribution in [3.63, 3.8) is 0 Å². The second-order valence-electron chi connectivity index (χ2n) is 13.2. The van der Waals surface area contributed by atoms with Gasteiger partial charge in [0.05, 0.1) is 0 Å². The summed E-state index contributed by atoms with van der Waals surface area (Å²) >= 11 is 5.51. The van der Waals surface area contributed by atoms with Crippen molar-refractivity contribution in [2.75, 3.05) is 20.1 Å². The maximum absolute atomic E-state index is 5.95. The summed E-state index contributed by atoms with van der Waals surface area (Å²) in [5.74, 6) is 1.58. The first-order chi connectivity index (χ1) is 15.4. The van der Waals surface area contributed by atoms with E-state index in [1.807, 2.05) is 0 Å². The minimum Gasteiger partial charge on any atom is -0.327 e. The summed E-state index contributed by atoms with van der Waals surface area (Å²) in [6.45, 7) is 16.6. The number of nitrogens with zero attached hydrogens (tertiary/aromatic N) is 1. The van der Waals surface area contributed by atoms with E-state index in [0.717, 1.165) is 31.3 Å². The molecule has 0 amide bonds. The van der Waals surface area contributed by atoms with Gasteiger partial charge in [0.15, 0.2) is 0 Å². The molecule has 2 saturated carbocycles. The maximum Gasteiger partial charge on any atom is 0.0115 e. The molecule has 0 spiro atoms. The van der Waals surface area contributed by atoms with E-state index in [-0.39, 0.29) is 5.41 Å². The number of hydrogen-bond acceptors (Lipinski definition) is 3. The lowest BCUT2D eigenvalue weighted by Crippen LogP contribution is -2.54. The molecule has 1 aliphatic heterocycles. The highest BCUT2D eigenvalue weighted by molar-refractivity contribution is 7.79. The van der Waals surface area contributed by atoms with Crippen LogP contribution in [0.15, 0.2) is 30.3 Å². The number of rotatable bonds is 4. The van der Waals surface area contributed by atoms with Crippen LogP contribution in [0.5, 0.6) is 0 Å². The van der Waals surface area contributed by atoms with E-state index in [1.165, 1.54) is 38.5 Å². The van der Waals surface area contributed by atoms with Crippen LogP contribution < -0.4 is 5.73 Å². The number of hydrogen-bond donors (Lipinski definition) is 1. The van der Waals surface area contributed by atoms with Crippen LogP contribution in [-0.4, -0.2) is 36.4 Å². The number of fused-ring (bicyclic) bond motifs is 2. The lowest BCUT2D eigenvalue weighted by atomic mass is 9.43. The van der Waals surface area contributed by atoms with E-state index in [9.17, 15) is 0 Å². The van der Waals surface area contributed by atoms with Crippen molar-refractivity contribution in [2.24, 2.45) is 33.8 Å². The topological polar surface area (TPSA) is 29.3 Å². The molecule has 3 aliphatic rings. The molecule has 186 valence electrons. The lowest BCUT2D eigenvalue weighted by Gasteiger charge is -2.61. The maximum atomic E-state index is 5.95. The zero-order chi connectivity index (χ0) is 24.5. The Labute approximate surface area is 210 Å². The summed E-state index contributed by atoms with van der Waals surface area (Å²) in [6, 6.07) is 11.7. The predicted molar refractivity (Wildman–Crippen MR) is 148 cm³/mol. The van der Waals surface area contributed by atoms with Crippen molar-refractivity contribution in [1.82, 2.24) is 4.90 Å². The Morgan fingerprint density at radius 1 is 1.09 bits per heavy atom. The molecule has 2 bridgehead atoms. The summed E-state index contributed by atoms with van der Waals surface area (Å²) < 4.78 is 0. The summed E-state index contributed by atoms with van der Waals surface area (Å²) in [6.07, 6.45) is 8.99. The van der Waals surface area contributed by atoms with Crippen LogP contribution in [0.25, 0.3) is 0 Å². The van der Waals surface area contributed by atoms with Crippen LogP contribution >= 0.6 is 12.2 Å². The van der Waals surface area contributed by atoms with Gasteiger partial charge in [0, 0.05) is 12.6 Å². The van der Waals surface area contributed by atoms with Gasteiger partial charge in [-0.15, -0.1) is 0 Å². The number of thiocarbonyl (C=S) groups is 1. The van der Waals surface area contributed by atoms with E-state index < -0.39 is 0 Å². The van der Waals surface area contributed by atoms with E-state index in [0.29, 0.717) is 22.3 Å². The Kier molecular flexibility index (Phi) is 8.19. The van der Waals surface area contributed by atoms with Crippen molar-refractivity contribution in [2.45, 2.75) is 97.9 Å². The number of nitrogens with two attached hydrogens (primary N) is 1. The molecule has 2 N–H and O–H groups in total. The van der Waals surface area contributed by atoms with Crippen LogP contribution in [0, 0.1) is 28.1 Å². The van der Waals surface area contributed by atoms with Gasteiger partial charge >= 0.3 is 0 Å². The van der Waals surface area contributed by atoms with Crippen molar-refractivity contribution in [1.29, 1.82) is 0 Å². The standard InChI is InChI=1S/C22H32S.C8H18N2/c1-5-11-21(4)17(2)12-22(18-9-7-6-8-10-18)14-19(21)13-20(3,15-22)16-23;1-8(2)6-10(3)5-4-7(8)9/h6-10,16-17,19H,5,11-15H2,1-4H3;7H,4-6,9H2,1-3H3. The van der Waals surface area contributed by atoms with Gasteiger partial charge in [-0.05, 0) is 96.5 Å². The molecule has 3 fully saturated rings. The average molecular weight is 471 g/mol. The molecule has 1 saturated heterocycles. The number of benzene rings is 1. The first-order valence-corrected chi connectivity index (χ1v) is 13.8. The quantitative estimate of drug-likeness (QED) is 0.470. The molecule has 0 aromatic heterocycles. The number of likely N-dealkylation sites (tertiary alicyclic amines) is 1. The smallest absolute Gasteiger partial charge is 0.0115 e. The zero-order valence-corrected chi connectivity index (χ0v) is 23.3. The molecule has 3 heteroatoms. The number of piperidine rings is 1. The Balaban J connectivity index is 0.000000257. The fourth-order valence-electron chi connectivity index (χ4n) is 7.72. The minimum absolute atomic E-state index is 0.212. The third-order valence-electron chi connectivity index (χ3n) is 9.81. The van der Waals surface area contributed by atoms with Crippen molar-refractivity contribution >= 4 is 17.6 Å². The van der Waals surface area contributed by atoms with Gasteiger partial charge in [-0.1, -0.05) is 90.5 Å². The monoisotopic (exact) mass is 470 g/mol. The molecule has 6 atom stereocenters. The fraction of sp³-hybridized carbons (Fsp3) is 0.767. The fourth-order valence-corrected chi connectivity index (χ4v) is 7.90. The van der Waals surface area contributed by atoms with Gasteiger partial charge in [0.25, 0.3) is 0 Å². The zero-order valence-electron chi connectivity index (χ0n) is 22.5. The molecule has 1 aromatic rings. The minimum atomic E-state index is 0.212. The van der Waals surface area contributed by atoms with Crippen LogP contribution in [0.3, 0.4) is 0 Å². The Bertz CT molecular complexity index is 788. The predicted octanol–water partition coefficient (Wildman–Crippen LogP) is 7.25. The summed E-state index contributed by atoms with van der Waals surface area (Å²) in [5.41, 5.74) is 8.84. The van der Waals surface area contributed by atoms with Crippen LogP contribution in [-0.2, 0) is 5.41 Å². The first-order valence-electron chi connectivity index (χ1n) is 13.4. The second-order valence-corrected chi connectivity index (χ2v) is 13.4. The molecule has 0 radical (unpaired) electrons. The Morgan fingerprint density at radius 2 is 1.76 bits per heavy atom. The van der Waals surface area contributed by atoms with Crippen LogP contribution in [0.4, 0.5) is 0 Å². The van der Waals surface area contributed by atoms with Crippen LogP contribution in [0.1, 0.15) is 92.1 Å². The summed E-state index contributed by atoms with van der Waals surface area (Å²) in [5, 5.41) is 2.10. The van der Waals surface area contributed by atoms with Gasteiger partial charge < -0.3 is 10.6 Å². The van der Waals surface area contributed by atoms with E-state index in [2.05, 4.69) is 89.2 Å². The molecule has 6 unspecified atom stereocenters. The molecule has 2 nitrogen and oxygen atoms in total. The average Bonchev–Trinajstić information content (AvgIpc) is 2.76. The third-order valence-corrected chi connectivity index (χ3v) is 10.4. The molecule has 4 rings (SSSR count). The molecule has 1 heterocycles. The molecule has 1 aromatic carbocycles. The summed E-state index contributed by atoms with van der Waals surface area (Å²) in [7, 11) is 2.16. The normalized spacial score (nSPS) is 40.4. The highest BCUT2D eigenvalue weighted by Crippen LogP contribution is 2.64. The largest absolute Gasteiger partial charge is 0.327 e. The molecule has 33 heavy (non-hydrogen) atoms. The van der Waals surface area contributed by atoms with Gasteiger partial charge in [-0.3, -0.25) is 0 Å². The summed E-state index contributed by atoms with van der Waals surface area (Å²) in [4.78, 5) is 2.35. The lowest BCUT2D eigenvalue weighted by molar-refractivity contribution is -0.0606. The van der Waals surface area contributed by atoms with E-state index in [4.69, 9.17) is 18.0 Å².